The third-order valence-corrected chi connectivity index (χ3v) is 4.02. The zero-order valence-corrected chi connectivity index (χ0v) is 10.9. The molecule has 2 nitrogen and oxygen atoms in total. The van der Waals surface area contributed by atoms with Gasteiger partial charge in [-0.25, -0.2) is 0 Å². The smallest absolute Gasteiger partial charge is 0.0624 e. The molecule has 0 bridgehead atoms. The Morgan fingerprint density at radius 3 is 2.33 bits per heavy atom. The maximum Gasteiger partial charge on any atom is 0.0624 e. The molecule has 0 heterocycles. The van der Waals surface area contributed by atoms with Crippen molar-refractivity contribution >= 4 is 23.5 Å². The highest BCUT2D eigenvalue weighted by Gasteiger charge is 2.12. The number of hydrogen-bond donors (Lipinski definition) is 2. The van der Waals surface area contributed by atoms with Crippen LogP contribution < -0.4 is 5.73 Å². The van der Waals surface area contributed by atoms with Crippen molar-refractivity contribution in [1.29, 1.82) is 0 Å². The number of aliphatic hydroxyl groups is 1. The molecule has 4 heteroatoms. The van der Waals surface area contributed by atoms with Crippen LogP contribution in [0.2, 0.25) is 0 Å². The van der Waals surface area contributed by atoms with Gasteiger partial charge in [-0.2, -0.15) is 0 Å². The van der Waals surface area contributed by atoms with E-state index in [9.17, 15) is 0 Å². The standard InChI is InChI=1S/C11H17NOS2/c1-7-4-11(15-3)8(9(12)6-13)5-10(7)14-2/h4-5,9,13H,6,12H2,1-3H3. The van der Waals surface area contributed by atoms with Gasteiger partial charge in [0.15, 0.2) is 0 Å². The van der Waals surface area contributed by atoms with Gasteiger partial charge in [-0.1, -0.05) is 0 Å². The molecular formula is C11H17NOS2. The molecule has 1 rings (SSSR count). The van der Waals surface area contributed by atoms with Crippen molar-refractivity contribution in [3.63, 3.8) is 0 Å². The predicted molar refractivity (Wildman–Crippen MR) is 68.8 cm³/mol. The van der Waals surface area contributed by atoms with Gasteiger partial charge in [0.05, 0.1) is 12.6 Å². The van der Waals surface area contributed by atoms with E-state index in [1.165, 1.54) is 10.5 Å². The molecule has 3 N–H and O–H groups in total. The highest BCUT2D eigenvalue weighted by Crippen LogP contribution is 2.31. The van der Waals surface area contributed by atoms with Gasteiger partial charge in [-0.05, 0) is 42.7 Å². The quantitative estimate of drug-likeness (QED) is 0.797. The Hall–Kier alpha value is -0.160. The first-order valence-electron chi connectivity index (χ1n) is 4.73. The number of aryl methyl sites for hydroxylation is 1. The fraction of sp³-hybridized carbons (Fsp3) is 0.455. The Labute approximate surface area is 99.6 Å². The van der Waals surface area contributed by atoms with Crippen LogP contribution in [0.4, 0.5) is 0 Å². The summed E-state index contributed by atoms with van der Waals surface area (Å²) in [5.41, 5.74) is 8.18. The van der Waals surface area contributed by atoms with E-state index in [0.29, 0.717) is 0 Å². The highest BCUT2D eigenvalue weighted by atomic mass is 32.2. The van der Waals surface area contributed by atoms with Gasteiger partial charge in [0.2, 0.25) is 0 Å². The number of aliphatic hydroxyl groups excluding tert-OH is 1. The van der Waals surface area contributed by atoms with E-state index in [4.69, 9.17) is 10.8 Å². The third kappa shape index (κ3) is 2.91. The lowest BCUT2D eigenvalue weighted by Gasteiger charge is -2.16. The summed E-state index contributed by atoms with van der Waals surface area (Å²) in [6.07, 6.45) is 4.08. The van der Waals surface area contributed by atoms with Crippen LogP contribution in [0.3, 0.4) is 0 Å². The summed E-state index contributed by atoms with van der Waals surface area (Å²) < 4.78 is 0. The fourth-order valence-electron chi connectivity index (χ4n) is 1.46. The van der Waals surface area contributed by atoms with Crippen LogP contribution in [0.15, 0.2) is 21.9 Å². The average Bonchev–Trinajstić information content (AvgIpc) is 2.27. The first kappa shape index (κ1) is 12.9. The number of nitrogens with two attached hydrogens (primary N) is 1. The summed E-state index contributed by atoms with van der Waals surface area (Å²) in [7, 11) is 0. The number of thioether (sulfide) groups is 2. The van der Waals surface area contributed by atoms with Crippen molar-refractivity contribution in [3.05, 3.63) is 23.3 Å². The maximum absolute atomic E-state index is 9.10. The molecule has 0 radical (unpaired) electrons. The molecule has 84 valence electrons. The molecule has 0 saturated carbocycles. The summed E-state index contributed by atoms with van der Waals surface area (Å²) >= 11 is 3.38. The summed E-state index contributed by atoms with van der Waals surface area (Å²) in [4.78, 5) is 2.39. The first-order chi connectivity index (χ1) is 7.13. The van der Waals surface area contributed by atoms with Crippen LogP contribution in [0.5, 0.6) is 0 Å². The normalized spacial score (nSPS) is 12.9. The highest BCUT2D eigenvalue weighted by molar-refractivity contribution is 7.99. The van der Waals surface area contributed by atoms with Crippen LogP contribution in [0.25, 0.3) is 0 Å². The summed E-state index contributed by atoms with van der Waals surface area (Å²) in [5, 5.41) is 9.10. The SMILES string of the molecule is CSc1cc(C(N)CO)c(SC)cc1C. The third-order valence-electron chi connectivity index (χ3n) is 2.34. The van der Waals surface area contributed by atoms with Crippen LogP contribution in [0, 0.1) is 6.92 Å². The Morgan fingerprint density at radius 2 is 1.87 bits per heavy atom. The molecule has 0 aliphatic heterocycles. The topological polar surface area (TPSA) is 46.2 Å². The van der Waals surface area contributed by atoms with E-state index in [1.54, 1.807) is 23.5 Å². The van der Waals surface area contributed by atoms with Crippen LogP contribution in [-0.2, 0) is 0 Å². The number of benzene rings is 1. The maximum atomic E-state index is 9.10. The minimum absolute atomic E-state index is 0.00948. The van der Waals surface area contributed by atoms with E-state index in [-0.39, 0.29) is 12.6 Å². The lowest BCUT2D eigenvalue weighted by Crippen LogP contribution is -2.15. The van der Waals surface area contributed by atoms with E-state index in [1.807, 2.05) is 6.26 Å². The summed E-state index contributed by atoms with van der Waals surface area (Å²) in [5.74, 6) is 0. The summed E-state index contributed by atoms with van der Waals surface area (Å²) in [6.45, 7) is 2.09. The molecule has 0 fully saturated rings. The van der Waals surface area contributed by atoms with Crippen molar-refractivity contribution in [3.8, 4) is 0 Å². The van der Waals surface area contributed by atoms with E-state index >= 15 is 0 Å². The molecule has 0 aromatic heterocycles. The van der Waals surface area contributed by atoms with Crippen LogP contribution >= 0.6 is 23.5 Å². The first-order valence-corrected chi connectivity index (χ1v) is 7.18. The summed E-state index contributed by atoms with van der Waals surface area (Å²) in [6, 6.07) is 3.95. The zero-order valence-electron chi connectivity index (χ0n) is 9.28. The molecule has 0 spiro atoms. The molecule has 0 aliphatic rings. The molecule has 15 heavy (non-hydrogen) atoms. The van der Waals surface area contributed by atoms with Gasteiger partial charge >= 0.3 is 0 Å². The van der Waals surface area contributed by atoms with Gasteiger partial charge in [0.1, 0.15) is 0 Å². The van der Waals surface area contributed by atoms with Crippen molar-refractivity contribution < 1.29 is 5.11 Å². The van der Waals surface area contributed by atoms with Crippen molar-refractivity contribution in [2.24, 2.45) is 5.73 Å². The zero-order chi connectivity index (χ0) is 11.4. The van der Waals surface area contributed by atoms with Gasteiger partial charge in [-0.15, -0.1) is 23.5 Å². The van der Waals surface area contributed by atoms with Crippen LogP contribution in [0.1, 0.15) is 17.2 Å². The van der Waals surface area contributed by atoms with Crippen LogP contribution in [-0.4, -0.2) is 24.2 Å². The van der Waals surface area contributed by atoms with Gasteiger partial charge in [0, 0.05) is 9.79 Å². The molecule has 0 amide bonds. The molecule has 0 saturated heterocycles. The lowest BCUT2D eigenvalue weighted by atomic mass is 10.1. The van der Waals surface area contributed by atoms with Crippen molar-refractivity contribution in [2.45, 2.75) is 22.8 Å². The largest absolute Gasteiger partial charge is 0.394 e. The lowest BCUT2D eigenvalue weighted by molar-refractivity contribution is 0.266. The minimum Gasteiger partial charge on any atom is -0.394 e. The average molecular weight is 243 g/mol. The van der Waals surface area contributed by atoms with E-state index in [2.05, 4.69) is 25.3 Å². The Morgan fingerprint density at radius 1 is 1.27 bits per heavy atom. The second-order valence-electron chi connectivity index (χ2n) is 3.35. The molecule has 1 atom stereocenters. The van der Waals surface area contributed by atoms with Crippen molar-refractivity contribution in [2.75, 3.05) is 19.1 Å². The molecule has 1 unspecified atom stereocenters. The Bertz CT molecular complexity index is 342. The second-order valence-corrected chi connectivity index (χ2v) is 5.05. The number of rotatable bonds is 4. The second kappa shape index (κ2) is 5.80. The van der Waals surface area contributed by atoms with Crippen molar-refractivity contribution in [1.82, 2.24) is 0 Å². The Balaban J connectivity index is 3.22. The van der Waals surface area contributed by atoms with Gasteiger partial charge in [0.25, 0.3) is 0 Å². The molecule has 1 aromatic carbocycles. The van der Waals surface area contributed by atoms with E-state index < -0.39 is 0 Å². The molecular weight excluding hydrogens is 226 g/mol. The molecule has 1 aromatic rings. The van der Waals surface area contributed by atoms with Gasteiger partial charge < -0.3 is 10.8 Å². The molecule has 0 aliphatic carbocycles. The minimum atomic E-state index is -0.279. The van der Waals surface area contributed by atoms with Gasteiger partial charge in [-0.3, -0.25) is 0 Å². The fourth-order valence-corrected chi connectivity index (χ4v) is 2.83. The Kier molecular flexibility index (Phi) is 4.99. The predicted octanol–water partition coefficient (Wildman–Crippen LogP) is 2.43. The van der Waals surface area contributed by atoms with E-state index in [0.717, 1.165) is 10.5 Å². The number of hydrogen-bond acceptors (Lipinski definition) is 4. The monoisotopic (exact) mass is 243 g/mol.